The summed E-state index contributed by atoms with van der Waals surface area (Å²) in [4.78, 5) is 6.92. The zero-order valence-electron chi connectivity index (χ0n) is 15.0. The second-order valence-electron chi connectivity index (χ2n) is 6.52. The Morgan fingerprint density at radius 1 is 1.24 bits per heavy atom. The van der Waals surface area contributed by atoms with Crippen LogP contribution >= 0.6 is 0 Å². The van der Waals surface area contributed by atoms with Crippen molar-refractivity contribution in [2.75, 3.05) is 25.0 Å². The van der Waals surface area contributed by atoms with E-state index in [2.05, 4.69) is 16.8 Å². The van der Waals surface area contributed by atoms with E-state index >= 15 is 0 Å². The van der Waals surface area contributed by atoms with Gasteiger partial charge in [0, 0.05) is 31.9 Å². The van der Waals surface area contributed by atoms with Gasteiger partial charge < -0.3 is 4.90 Å². The van der Waals surface area contributed by atoms with E-state index in [4.69, 9.17) is 0 Å². The van der Waals surface area contributed by atoms with Crippen molar-refractivity contribution in [3.63, 3.8) is 0 Å². The van der Waals surface area contributed by atoms with Crippen molar-refractivity contribution in [1.29, 1.82) is 0 Å². The lowest BCUT2D eigenvalue weighted by Crippen LogP contribution is -2.32. The molecule has 0 aliphatic carbocycles. The fourth-order valence-electron chi connectivity index (χ4n) is 3.32. The Bertz CT molecular complexity index is 834. The van der Waals surface area contributed by atoms with E-state index in [0.29, 0.717) is 11.4 Å². The molecule has 0 amide bonds. The minimum absolute atomic E-state index is 0.163. The lowest BCUT2D eigenvalue weighted by Gasteiger charge is -2.28. The molecule has 1 aromatic carbocycles. The van der Waals surface area contributed by atoms with Crippen molar-refractivity contribution < 1.29 is 8.42 Å². The molecule has 5 nitrogen and oxygen atoms in total. The third kappa shape index (κ3) is 3.41. The number of anilines is 1. The number of hydrogen-bond donors (Lipinski definition) is 0. The Balaban J connectivity index is 2.00. The van der Waals surface area contributed by atoms with Crippen LogP contribution in [0.4, 0.5) is 5.82 Å². The highest BCUT2D eigenvalue weighted by molar-refractivity contribution is 7.89. The first-order chi connectivity index (χ1) is 11.9. The molecule has 1 aliphatic rings. The highest BCUT2D eigenvalue weighted by Gasteiger charge is 2.37. The monoisotopic (exact) mass is 359 g/mol. The van der Waals surface area contributed by atoms with Crippen LogP contribution in [-0.2, 0) is 10.0 Å². The van der Waals surface area contributed by atoms with Crippen molar-refractivity contribution in [2.45, 2.75) is 37.6 Å². The van der Waals surface area contributed by atoms with Crippen molar-refractivity contribution in [1.82, 2.24) is 9.29 Å². The normalized spacial score (nSPS) is 18.4. The summed E-state index contributed by atoms with van der Waals surface area (Å²) in [5.41, 5.74) is 2.04. The molecule has 1 unspecified atom stereocenters. The number of aryl methyl sites for hydroxylation is 1. The van der Waals surface area contributed by atoms with Crippen molar-refractivity contribution in [2.24, 2.45) is 0 Å². The zero-order chi connectivity index (χ0) is 18.0. The van der Waals surface area contributed by atoms with Crippen LogP contribution in [0.5, 0.6) is 0 Å². The second kappa shape index (κ2) is 7.14. The molecule has 1 aromatic heterocycles. The van der Waals surface area contributed by atoms with Gasteiger partial charge in [-0.3, -0.25) is 0 Å². The number of hydrogen-bond acceptors (Lipinski definition) is 4. The molecule has 3 rings (SSSR count). The van der Waals surface area contributed by atoms with E-state index in [1.807, 2.05) is 38.2 Å². The SMILES string of the molecule is CCN(C)c1ncccc1C1CCCN1S(=O)(=O)c1ccc(C)cc1. The van der Waals surface area contributed by atoms with Crippen LogP contribution in [0.15, 0.2) is 47.5 Å². The predicted octanol–water partition coefficient (Wildman–Crippen LogP) is 3.37. The summed E-state index contributed by atoms with van der Waals surface area (Å²) in [5.74, 6) is 0.862. The number of rotatable bonds is 5. The molecule has 1 fully saturated rings. The van der Waals surface area contributed by atoms with Gasteiger partial charge in [-0.2, -0.15) is 4.31 Å². The first-order valence-corrected chi connectivity index (χ1v) is 10.1. The third-order valence-corrected chi connectivity index (χ3v) is 6.77. The minimum Gasteiger partial charge on any atom is -0.360 e. The molecule has 0 bridgehead atoms. The first kappa shape index (κ1) is 17.9. The molecule has 6 heteroatoms. The molecule has 0 saturated carbocycles. The van der Waals surface area contributed by atoms with E-state index in [1.165, 1.54) is 0 Å². The van der Waals surface area contributed by atoms with Crippen molar-refractivity contribution in [3.05, 3.63) is 53.7 Å². The van der Waals surface area contributed by atoms with E-state index in [-0.39, 0.29) is 6.04 Å². The minimum atomic E-state index is -3.51. The van der Waals surface area contributed by atoms with E-state index < -0.39 is 10.0 Å². The van der Waals surface area contributed by atoms with Crippen LogP contribution in [0.1, 0.15) is 36.9 Å². The first-order valence-electron chi connectivity index (χ1n) is 8.69. The number of sulfonamides is 1. The van der Waals surface area contributed by atoms with Gasteiger partial charge in [0.1, 0.15) is 5.82 Å². The van der Waals surface area contributed by atoms with Gasteiger partial charge in [-0.1, -0.05) is 23.8 Å². The Morgan fingerprint density at radius 3 is 2.64 bits per heavy atom. The summed E-state index contributed by atoms with van der Waals surface area (Å²) in [7, 11) is -1.53. The van der Waals surface area contributed by atoms with Crippen LogP contribution in [0.3, 0.4) is 0 Å². The topological polar surface area (TPSA) is 53.5 Å². The molecule has 0 radical (unpaired) electrons. The summed E-state index contributed by atoms with van der Waals surface area (Å²) in [5, 5.41) is 0. The summed E-state index contributed by atoms with van der Waals surface area (Å²) >= 11 is 0. The molecular weight excluding hydrogens is 334 g/mol. The number of aromatic nitrogens is 1. The number of nitrogens with zero attached hydrogens (tertiary/aromatic N) is 3. The highest BCUT2D eigenvalue weighted by Crippen LogP contribution is 2.39. The third-order valence-electron chi connectivity index (χ3n) is 4.84. The molecule has 1 saturated heterocycles. The Morgan fingerprint density at radius 2 is 1.96 bits per heavy atom. The van der Waals surface area contributed by atoms with Crippen molar-refractivity contribution in [3.8, 4) is 0 Å². The molecule has 1 atom stereocenters. The standard InChI is InChI=1S/C19H25N3O2S/c1-4-21(3)19-17(7-5-13-20-19)18-8-6-14-22(18)25(23,24)16-11-9-15(2)10-12-16/h5,7,9-13,18H,4,6,8,14H2,1-3H3. The van der Waals surface area contributed by atoms with E-state index in [0.717, 1.165) is 36.3 Å². The second-order valence-corrected chi connectivity index (χ2v) is 8.41. The van der Waals surface area contributed by atoms with Gasteiger partial charge in [0.05, 0.1) is 10.9 Å². The van der Waals surface area contributed by atoms with Gasteiger partial charge in [0.25, 0.3) is 0 Å². The van der Waals surface area contributed by atoms with E-state index in [9.17, 15) is 8.42 Å². The lowest BCUT2D eigenvalue weighted by atomic mass is 10.1. The fraction of sp³-hybridized carbons (Fsp3) is 0.421. The largest absolute Gasteiger partial charge is 0.360 e. The maximum atomic E-state index is 13.2. The molecule has 0 N–H and O–H groups in total. The molecule has 134 valence electrons. The maximum Gasteiger partial charge on any atom is 0.243 e. The Hall–Kier alpha value is -1.92. The summed E-state index contributed by atoms with van der Waals surface area (Å²) in [6.07, 6.45) is 3.44. The van der Waals surface area contributed by atoms with E-state index in [1.54, 1.807) is 22.6 Å². The maximum absolute atomic E-state index is 13.2. The number of benzene rings is 1. The van der Waals surface area contributed by atoms with Gasteiger partial charge in [-0.05, 0) is 44.9 Å². The molecule has 2 heterocycles. The van der Waals surface area contributed by atoms with Crippen LogP contribution in [0.25, 0.3) is 0 Å². The summed E-state index contributed by atoms with van der Waals surface area (Å²) < 4.78 is 28.0. The molecular formula is C19H25N3O2S. The smallest absolute Gasteiger partial charge is 0.243 e. The summed E-state index contributed by atoms with van der Waals surface area (Å²) in [6, 6.07) is 10.8. The average molecular weight is 359 g/mol. The molecule has 1 aliphatic heterocycles. The van der Waals surface area contributed by atoms with Gasteiger partial charge in [-0.15, -0.1) is 0 Å². The zero-order valence-corrected chi connectivity index (χ0v) is 15.8. The van der Waals surface area contributed by atoms with Gasteiger partial charge in [0.2, 0.25) is 10.0 Å². The van der Waals surface area contributed by atoms with Gasteiger partial charge in [0.15, 0.2) is 0 Å². The predicted molar refractivity (Wildman–Crippen MR) is 100 cm³/mol. The molecule has 25 heavy (non-hydrogen) atoms. The average Bonchev–Trinajstić information content (AvgIpc) is 3.12. The van der Waals surface area contributed by atoms with Crippen molar-refractivity contribution >= 4 is 15.8 Å². The fourth-order valence-corrected chi connectivity index (χ4v) is 5.00. The van der Waals surface area contributed by atoms with Crippen LogP contribution in [0, 0.1) is 6.92 Å². The molecule has 2 aromatic rings. The van der Waals surface area contributed by atoms with Gasteiger partial charge >= 0.3 is 0 Å². The molecule has 0 spiro atoms. The van der Waals surface area contributed by atoms with Crippen LogP contribution in [0.2, 0.25) is 0 Å². The van der Waals surface area contributed by atoms with Crippen LogP contribution in [-0.4, -0.2) is 37.8 Å². The summed E-state index contributed by atoms with van der Waals surface area (Å²) in [6.45, 7) is 5.39. The highest BCUT2D eigenvalue weighted by atomic mass is 32.2. The quantitative estimate of drug-likeness (QED) is 0.821. The van der Waals surface area contributed by atoms with Gasteiger partial charge in [-0.25, -0.2) is 13.4 Å². The van der Waals surface area contributed by atoms with Crippen LogP contribution < -0.4 is 4.90 Å². The lowest BCUT2D eigenvalue weighted by molar-refractivity contribution is 0.396. The Labute approximate surface area is 150 Å². The Kier molecular flexibility index (Phi) is 5.11. The number of pyridine rings is 1.